The molecule has 0 radical (unpaired) electrons. The average molecular weight is 302 g/mol. The van der Waals surface area contributed by atoms with Crippen LogP contribution in [0, 0.1) is 0 Å². The molecule has 0 aromatic heterocycles. The summed E-state index contributed by atoms with van der Waals surface area (Å²) in [6, 6.07) is 0. The van der Waals surface area contributed by atoms with Gasteiger partial charge in [0, 0.05) is 33.1 Å². The second-order valence-corrected chi connectivity index (χ2v) is 7.77. The normalized spacial score (nSPS) is 35.7. The summed E-state index contributed by atoms with van der Waals surface area (Å²) in [5, 5.41) is 46.7. The zero-order chi connectivity index (χ0) is 13.9. The topological polar surface area (TPSA) is 135 Å². The molecule has 6 atom stereocenters. The zero-order valence-electron chi connectivity index (χ0n) is 9.58. The smallest absolute Gasteiger partial charge is 0.138 e. The highest BCUT2D eigenvalue weighted by Crippen LogP contribution is 2.20. The lowest BCUT2D eigenvalue weighted by atomic mass is 10.0. The van der Waals surface area contributed by atoms with E-state index in [2.05, 4.69) is 0 Å². The summed E-state index contributed by atoms with van der Waals surface area (Å²) in [4.78, 5) is 0. The van der Waals surface area contributed by atoms with Crippen molar-refractivity contribution in [2.24, 2.45) is 0 Å². The quantitative estimate of drug-likeness (QED) is 0.358. The molecule has 1 aliphatic heterocycles. The van der Waals surface area contributed by atoms with Crippen molar-refractivity contribution < 1.29 is 34.0 Å². The first-order valence-electron chi connectivity index (χ1n) is 5.47. The van der Waals surface area contributed by atoms with Gasteiger partial charge in [-0.3, -0.25) is 8.42 Å². The van der Waals surface area contributed by atoms with E-state index in [-0.39, 0.29) is 11.5 Å². The number of aliphatic hydroxyl groups excluding tert-OH is 5. The standard InChI is InChI=1S/C9H18O7S2/c10-4-5(11)6(12)7(13)8(14)9-17(15)2-1-3-18(9)16/h5-14H,1-4H2. The van der Waals surface area contributed by atoms with Gasteiger partial charge in [0.25, 0.3) is 0 Å². The molecule has 0 amide bonds. The second-order valence-electron chi connectivity index (χ2n) is 4.11. The lowest BCUT2D eigenvalue weighted by Gasteiger charge is -2.31. The Morgan fingerprint density at radius 3 is 1.94 bits per heavy atom. The van der Waals surface area contributed by atoms with Gasteiger partial charge in [-0.05, 0) is 6.42 Å². The van der Waals surface area contributed by atoms with Gasteiger partial charge in [-0.15, -0.1) is 0 Å². The summed E-state index contributed by atoms with van der Waals surface area (Å²) in [5.74, 6) is 0.553. The predicted octanol–water partition coefficient (Wildman–Crippen LogP) is -3.35. The monoisotopic (exact) mass is 302 g/mol. The molecule has 18 heavy (non-hydrogen) atoms. The van der Waals surface area contributed by atoms with Crippen LogP contribution in [0.2, 0.25) is 0 Å². The highest BCUT2D eigenvalue weighted by molar-refractivity contribution is 8.03. The van der Waals surface area contributed by atoms with E-state index in [1.165, 1.54) is 0 Å². The average Bonchev–Trinajstić information content (AvgIpc) is 2.35. The number of hydrogen-bond acceptors (Lipinski definition) is 7. The Hall–Kier alpha value is 0.1000. The van der Waals surface area contributed by atoms with Crippen molar-refractivity contribution in [2.45, 2.75) is 35.4 Å². The minimum atomic E-state index is -1.82. The Labute approximate surface area is 109 Å². The van der Waals surface area contributed by atoms with E-state index in [0.29, 0.717) is 6.42 Å². The van der Waals surface area contributed by atoms with Crippen LogP contribution in [0.25, 0.3) is 0 Å². The molecule has 0 saturated carbocycles. The van der Waals surface area contributed by atoms with Crippen LogP contribution in [0.3, 0.4) is 0 Å². The molecule has 1 saturated heterocycles. The third-order valence-corrected chi connectivity index (χ3v) is 7.03. The van der Waals surface area contributed by atoms with Crippen molar-refractivity contribution in [3.8, 4) is 0 Å². The van der Waals surface area contributed by atoms with E-state index < -0.39 is 57.2 Å². The van der Waals surface area contributed by atoms with Gasteiger partial charge in [-0.25, -0.2) is 0 Å². The molecular formula is C9H18O7S2. The van der Waals surface area contributed by atoms with Crippen molar-refractivity contribution >= 4 is 21.6 Å². The number of aliphatic hydroxyl groups is 5. The van der Waals surface area contributed by atoms with Gasteiger partial charge in [-0.2, -0.15) is 0 Å². The van der Waals surface area contributed by atoms with E-state index >= 15 is 0 Å². The molecule has 0 spiro atoms. The highest BCUT2D eigenvalue weighted by Gasteiger charge is 2.41. The van der Waals surface area contributed by atoms with E-state index in [0.717, 1.165) is 0 Å². The van der Waals surface area contributed by atoms with Crippen LogP contribution < -0.4 is 0 Å². The summed E-state index contributed by atoms with van der Waals surface area (Å²) >= 11 is 0. The Morgan fingerprint density at radius 2 is 1.50 bits per heavy atom. The Bertz CT molecular complexity index is 308. The summed E-state index contributed by atoms with van der Waals surface area (Å²) < 4.78 is 22.2. The van der Waals surface area contributed by atoms with Gasteiger partial charge in [0.1, 0.15) is 29.0 Å². The van der Waals surface area contributed by atoms with Crippen molar-refractivity contribution in [1.29, 1.82) is 0 Å². The number of rotatable bonds is 5. The molecule has 0 aromatic carbocycles. The maximum atomic E-state index is 11.7. The molecule has 1 aliphatic rings. The van der Waals surface area contributed by atoms with Crippen LogP contribution in [0.5, 0.6) is 0 Å². The summed E-state index contributed by atoms with van der Waals surface area (Å²) in [6.07, 6.45) is -6.40. The fourth-order valence-corrected chi connectivity index (χ4v) is 5.69. The molecule has 1 rings (SSSR count). The molecule has 1 fully saturated rings. The lowest BCUT2D eigenvalue weighted by molar-refractivity contribution is -0.111. The molecule has 1 heterocycles. The van der Waals surface area contributed by atoms with Crippen LogP contribution in [0.4, 0.5) is 0 Å². The summed E-state index contributed by atoms with van der Waals surface area (Å²) in [7, 11) is -3.11. The van der Waals surface area contributed by atoms with Crippen LogP contribution in [-0.2, 0) is 21.6 Å². The molecule has 6 unspecified atom stereocenters. The third-order valence-electron chi connectivity index (χ3n) is 2.77. The van der Waals surface area contributed by atoms with Crippen molar-refractivity contribution in [3.63, 3.8) is 0 Å². The molecule has 108 valence electrons. The van der Waals surface area contributed by atoms with Crippen LogP contribution in [0.1, 0.15) is 6.42 Å². The van der Waals surface area contributed by atoms with Crippen LogP contribution in [-0.4, -0.2) is 81.1 Å². The second kappa shape index (κ2) is 7.04. The van der Waals surface area contributed by atoms with Gasteiger partial charge in [0.15, 0.2) is 0 Å². The van der Waals surface area contributed by atoms with E-state index in [1.807, 2.05) is 0 Å². The van der Waals surface area contributed by atoms with Gasteiger partial charge in [-0.1, -0.05) is 0 Å². The van der Waals surface area contributed by atoms with Gasteiger partial charge in [0.05, 0.1) is 6.61 Å². The molecule has 0 bridgehead atoms. The van der Waals surface area contributed by atoms with Gasteiger partial charge < -0.3 is 25.5 Å². The van der Waals surface area contributed by atoms with Gasteiger partial charge in [0.2, 0.25) is 0 Å². The fourth-order valence-electron chi connectivity index (χ4n) is 1.71. The predicted molar refractivity (Wildman–Crippen MR) is 65.5 cm³/mol. The van der Waals surface area contributed by atoms with Crippen molar-refractivity contribution in [3.05, 3.63) is 0 Å². The third kappa shape index (κ3) is 3.56. The Balaban J connectivity index is 2.75. The zero-order valence-corrected chi connectivity index (χ0v) is 11.2. The Morgan fingerprint density at radius 1 is 1.00 bits per heavy atom. The first-order chi connectivity index (χ1) is 8.40. The van der Waals surface area contributed by atoms with E-state index in [1.54, 1.807) is 0 Å². The minimum Gasteiger partial charge on any atom is -0.394 e. The van der Waals surface area contributed by atoms with Crippen molar-refractivity contribution in [2.75, 3.05) is 18.1 Å². The van der Waals surface area contributed by atoms with Crippen molar-refractivity contribution in [1.82, 2.24) is 0 Å². The maximum absolute atomic E-state index is 11.7. The number of hydrogen-bond donors (Lipinski definition) is 5. The van der Waals surface area contributed by atoms with E-state index in [9.17, 15) is 23.7 Å². The largest absolute Gasteiger partial charge is 0.394 e. The molecule has 7 nitrogen and oxygen atoms in total. The first kappa shape index (κ1) is 16.2. The maximum Gasteiger partial charge on any atom is 0.138 e. The molecule has 5 N–H and O–H groups in total. The van der Waals surface area contributed by atoms with Gasteiger partial charge >= 0.3 is 0 Å². The highest BCUT2D eigenvalue weighted by atomic mass is 32.2. The Kier molecular flexibility index (Phi) is 6.31. The molecule has 0 aliphatic carbocycles. The van der Waals surface area contributed by atoms with E-state index in [4.69, 9.17) is 10.2 Å². The molecule has 9 heteroatoms. The minimum absolute atomic E-state index is 0.277. The lowest BCUT2D eigenvalue weighted by Crippen LogP contribution is -2.53. The van der Waals surface area contributed by atoms with Crippen LogP contribution >= 0.6 is 0 Å². The molecule has 0 aromatic rings. The summed E-state index contributed by atoms with van der Waals surface area (Å²) in [6.45, 7) is -0.790. The fraction of sp³-hybridized carbons (Fsp3) is 1.00. The summed E-state index contributed by atoms with van der Waals surface area (Å²) in [5.41, 5.74) is 0. The van der Waals surface area contributed by atoms with Crippen LogP contribution in [0.15, 0.2) is 0 Å². The first-order valence-corrected chi connectivity index (χ1v) is 8.24. The molecular weight excluding hydrogens is 284 g/mol. The SMILES string of the molecule is O=S1CCCS(=O)C1C(O)C(O)C(O)C(O)CO.